The molecule has 18 nitrogen and oxygen atoms in total. The molecule has 0 radical (unpaired) electrons. The third-order valence-corrected chi connectivity index (χ3v) is 21.8. The van der Waals surface area contributed by atoms with Crippen molar-refractivity contribution in [3.05, 3.63) is 130 Å². The Morgan fingerprint density at radius 2 is 1.16 bits per heavy atom. The van der Waals surface area contributed by atoms with Gasteiger partial charge in [-0.3, -0.25) is 9.59 Å². The number of benzene rings is 4. The molecule has 8 aliphatic rings. The lowest BCUT2D eigenvalue weighted by Gasteiger charge is -2.42. The Kier molecular flexibility index (Phi) is 17.4. The van der Waals surface area contributed by atoms with Gasteiger partial charge in [-0.05, 0) is 140 Å². The van der Waals surface area contributed by atoms with E-state index in [1.165, 1.54) is 48.8 Å². The van der Waals surface area contributed by atoms with Gasteiger partial charge in [-0.2, -0.15) is 30.5 Å². The highest BCUT2D eigenvalue weighted by molar-refractivity contribution is 6.37. The molecule has 2 saturated heterocycles. The number of hydrogen-bond acceptors (Lipinski definition) is 16. The van der Waals surface area contributed by atoms with E-state index in [-0.39, 0.29) is 55.5 Å². The Bertz CT molecular complexity index is 3870. The summed E-state index contributed by atoms with van der Waals surface area (Å²) in [4.78, 5) is 58.8. The molecule has 2 aromatic heterocycles. The van der Waals surface area contributed by atoms with Crippen LogP contribution in [-0.2, 0) is 45.0 Å². The van der Waals surface area contributed by atoms with Crippen molar-refractivity contribution in [1.29, 1.82) is 10.5 Å². The molecule has 14 rings (SSSR count). The summed E-state index contributed by atoms with van der Waals surface area (Å²) in [5.41, 5.74) is 7.73. The summed E-state index contributed by atoms with van der Waals surface area (Å²) in [5.74, 6) is 2.71. The molecule has 20 heteroatoms. The van der Waals surface area contributed by atoms with Crippen molar-refractivity contribution in [2.45, 2.75) is 127 Å². The summed E-state index contributed by atoms with van der Waals surface area (Å²) in [7, 11) is 0. The quantitative estimate of drug-likeness (QED) is 0.0549. The van der Waals surface area contributed by atoms with Crippen LogP contribution >= 0.6 is 23.2 Å². The number of aromatic nitrogens is 4. The van der Waals surface area contributed by atoms with Crippen LogP contribution < -0.4 is 29.1 Å². The smallest absolute Gasteiger partial charge is 0.318 e. The van der Waals surface area contributed by atoms with Crippen LogP contribution in [0.2, 0.25) is 10.0 Å². The van der Waals surface area contributed by atoms with Crippen LogP contribution in [0.1, 0.15) is 105 Å². The number of rotatable bonds is 19. The summed E-state index contributed by atoms with van der Waals surface area (Å²) in [6, 6.07) is 27.8. The molecule has 6 aromatic rings. The van der Waals surface area contributed by atoms with E-state index < -0.39 is 0 Å². The molecule has 472 valence electrons. The van der Waals surface area contributed by atoms with Crippen molar-refractivity contribution < 1.29 is 28.5 Å². The molecule has 3 unspecified atom stereocenters. The maximum atomic E-state index is 12.9. The molecule has 4 saturated carbocycles. The molecule has 0 bridgehead atoms. The number of ether oxygens (including phenoxy) is 4. The van der Waals surface area contributed by atoms with E-state index in [1.54, 1.807) is 9.80 Å². The molecule has 4 aromatic carbocycles. The van der Waals surface area contributed by atoms with Gasteiger partial charge >= 0.3 is 12.0 Å². The first kappa shape index (κ1) is 60.8. The summed E-state index contributed by atoms with van der Waals surface area (Å²) < 4.78 is 25.9. The Balaban J connectivity index is 0.642. The fourth-order valence-electron chi connectivity index (χ4n) is 16.6. The van der Waals surface area contributed by atoms with Crippen LogP contribution in [0, 0.1) is 39.9 Å². The van der Waals surface area contributed by atoms with Crippen molar-refractivity contribution in [3.8, 4) is 24.2 Å². The summed E-state index contributed by atoms with van der Waals surface area (Å²) in [6.07, 6.45) is 15.1. The number of fused-ring (bicyclic) bond motifs is 5. The van der Waals surface area contributed by atoms with Gasteiger partial charge in [-0.1, -0.05) is 85.2 Å². The van der Waals surface area contributed by atoms with Crippen LogP contribution in [0.25, 0.3) is 21.5 Å². The van der Waals surface area contributed by atoms with Crippen molar-refractivity contribution >= 4 is 79.6 Å². The van der Waals surface area contributed by atoms with Gasteiger partial charge in [-0.15, -0.1) is 0 Å². The first-order valence-corrected chi connectivity index (χ1v) is 33.5. The first-order valence-electron chi connectivity index (χ1n) is 32.8. The van der Waals surface area contributed by atoms with Gasteiger partial charge in [0.1, 0.15) is 24.8 Å². The molecule has 4 aliphatic carbocycles. The van der Waals surface area contributed by atoms with E-state index in [9.17, 15) is 20.1 Å². The van der Waals surface area contributed by atoms with E-state index >= 15 is 0 Å². The van der Waals surface area contributed by atoms with Gasteiger partial charge < -0.3 is 48.3 Å². The van der Waals surface area contributed by atoms with E-state index in [0.29, 0.717) is 125 Å². The molecule has 91 heavy (non-hydrogen) atoms. The number of hydrogen-bond donors (Lipinski definition) is 0. The maximum absolute atomic E-state index is 12.9. The lowest BCUT2D eigenvalue weighted by atomic mass is 9.89. The second-order valence-electron chi connectivity index (χ2n) is 26.2. The topological polar surface area (TPSA) is 190 Å². The van der Waals surface area contributed by atoms with Crippen molar-refractivity contribution in [1.82, 2.24) is 29.7 Å². The van der Waals surface area contributed by atoms with Gasteiger partial charge in [0.2, 0.25) is 11.8 Å². The highest BCUT2D eigenvalue weighted by atomic mass is 35.5. The second kappa shape index (κ2) is 26.1. The number of carbonyl (C=O) groups excluding carboxylic acids is 2. The van der Waals surface area contributed by atoms with E-state index in [4.69, 9.17) is 62.1 Å². The van der Waals surface area contributed by atoms with Crippen LogP contribution in [0.4, 0.5) is 23.0 Å². The molecule has 1 spiro atoms. The fraction of sp³-hybridized carbons (Fsp3) is 0.493. The zero-order chi connectivity index (χ0) is 62.3. The Morgan fingerprint density at radius 3 is 1.74 bits per heavy atom. The van der Waals surface area contributed by atoms with Gasteiger partial charge in [-0.25, -0.2) is 0 Å². The molecule has 4 aliphatic heterocycles. The van der Waals surface area contributed by atoms with Crippen molar-refractivity contribution in [3.63, 3.8) is 0 Å². The summed E-state index contributed by atoms with van der Waals surface area (Å²) in [5, 5.41) is 25.4. The highest BCUT2D eigenvalue weighted by Crippen LogP contribution is 2.59. The zero-order valence-electron chi connectivity index (χ0n) is 51.6. The predicted octanol–water partition coefficient (Wildman–Crippen LogP) is 11.3. The molecular weight excluding hydrogens is 1190 g/mol. The Morgan fingerprint density at radius 1 is 0.615 bits per heavy atom. The summed E-state index contributed by atoms with van der Waals surface area (Å²) >= 11 is 14.1. The second-order valence-corrected chi connectivity index (χ2v) is 27.0. The minimum atomic E-state index is -0.312. The molecule has 0 N–H and O–H groups in total. The van der Waals surface area contributed by atoms with E-state index in [0.717, 1.165) is 112 Å². The van der Waals surface area contributed by atoms with Gasteiger partial charge in [0, 0.05) is 85.6 Å². The monoisotopic (exact) mass is 1260 g/mol. The average molecular weight is 1270 g/mol. The van der Waals surface area contributed by atoms with Gasteiger partial charge in [0.25, 0.3) is 0 Å². The summed E-state index contributed by atoms with van der Waals surface area (Å²) in [6.45, 7) is 14.4. The molecular formula is C71H78Cl2N12O6. The van der Waals surface area contributed by atoms with Gasteiger partial charge in [0.05, 0.1) is 97.0 Å². The molecule has 5 atom stereocenters. The fourth-order valence-corrected chi connectivity index (χ4v) is 17.1. The average Bonchev–Trinajstić information content (AvgIpc) is 1.77. The highest BCUT2D eigenvalue weighted by Gasteiger charge is 2.52. The third-order valence-electron chi connectivity index (χ3n) is 21.1. The number of amides is 2. The molecule has 2 amide bonds. The number of nitriles is 2. The predicted molar refractivity (Wildman–Crippen MR) is 352 cm³/mol. The Hall–Kier alpha value is -7.74. The Labute approximate surface area is 542 Å². The third kappa shape index (κ3) is 12.1. The van der Waals surface area contributed by atoms with Crippen LogP contribution in [0.15, 0.2) is 92.0 Å². The van der Waals surface area contributed by atoms with Gasteiger partial charge in [0.15, 0.2) is 0 Å². The number of carbonyl (C=O) groups is 2. The lowest BCUT2D eigenvalue weighted by Crippen LogP contribution is -2.55. The van der Waals surface area contributed by atoms with E-state index in [1.807, 2.05) is 18.2 Å². The standard InChI is InChI=1S/C71H78Cl2N12O6/c1-3-63(86)84-31-29-82(41-49(84)18-25-74)67-54-20-27-80(60-14-6-10-45-9-5-12-56(72)65(45)60)43-58(54)76-69(78-67)90-35-33-88-51-39-46-37-48(38-47(46)40-51)52-16-17-61(66-53(52)11-7-13-57(66)73)81-28-21-55-59(44-81)77-70(91-36-34-89-62-15-8-22-71(62)23-24-71)79-68(55)83-30-32-85(64(87)4-2)50(42-83)19-26-75/h3-7,9-14,16-17,46-51,62H,1-2,8,15,18-24,27-44H2/t46?,47?,48?,49-,50-,51?,62?/m0/s1. The lowest BCUT2D eigenvalue weighted by molar-refractivity contribution is -0.129. The number of anilines is 4. The normalized spacial score (nSPS) is 24.0. The minimum Gasteiger partial charge on any atom is -0.461 e. The zero-order valence-corrected chi connectivity index (χ0v) is 53.1. The van der Waals surface area contributed by atoms with Crippen LogP contribution in [-0.4, -0.2) is 145 Å². The van der Waals surface area contributed by atoms with Crippen molar-refractivity contribution in [2.75, 3.05) is 98.4 Å². The number of halogens is 2. The SMILES string of the molecule is C=CC(=O)N1CCN(c2nc(OCCOC3CC4CC(c5ccc(N6CCc7c(nc(OCCOC8CCCC89CC9)nc7N7CCN(C(=O)C=C)[C@@H](CC#N)C7)C6)c6c(Cl)cccc56)CC4C3)nc3c2CCN(c2cccc4cccc(Cl)c24)C3)C[C@@H]1CC#N. The molecule has 6 fully saturated rings. The minimum absolute atomic E-state index is 0.128. The van der Waals surface area contributed by atoms with Crippen LogP contribution in [0.5, 0.6) is 12.0 Å². The number of nitrogens with zero attached hydrogens (tertiary/aromatic N) is 12. The first-order chi connectivity index (χ1) is 44.5. The van der Waals surface area contributed by atoms with Crippen molar-refractivity contribution in [2.24, 2.45) is 17.3 Å². The van der Waals surface area contributed by atoms with Crippen LogP contribution in [0.3, 0.4) is 0 Å². The maximum Gasteiger partial charge on any atom is 0.318 e. The largest absolute Gasteiger partial charge is 0.461 e. The number of piperazine rings is 2. The van der Waals surface area contributed by atoms with E-state index in [2.05, 4.69) is 93.4 Å². The molecule has 6 heterocycles.